The zero-order chi connectivity index (χ0) is 14.7. The van der Waals surface area contributed by atoms with E-state index in [-0.39, 0.29) is 29.8 Å². The summed E-state index contributed by atoms with van der Waals surface area (Å²) in [5.41, 5.74) is 2.44. The number of nitrogens with one attached hydrogen (secondary N) is 2. The SMILES string of the molecule is Cc1cccc(C2(NC(=O)C3CCCNC3)CCCC2)c1.Cl. The predicted octanol–water partition coefficient (Wildman–Crippen LogP) is 3.30. The van der Waals surface area contributed by atoms with E-state index >= 15 is 0 Å². The lowest BCUT2D eigenvalue weighted by Gasteiger charge is -2.34. The summed E-state index contributed by atoms with van der Waals surface area (Å²) in [6, 6.07) is 8.65. The molecule has 1 aliphatic heterocycles. The number of halogens is 1. The van der Waals surface area contributed by atoms with Gasteiger partial charge in [0, 0.05) is 6.54 Å². The molecule has 2 N–H and O–H groups in total. The molecule has 2 aliphatic rings. The van der Waals surface area contributed by atoms with Crippen molar-refractivity contribution in [1.29, 1.82) is 0 Å². The van der Waals surface area contributed by atoms with Gasteiger partial charge in [-0.3, -0.25) is 4.79 Å². The molecule has 3 nitrogen and oxygen atoms in total. The van der Waals surface area contributed by atoms with Crippen LogP contribution in [0, 0.1) is 12.8 Å². The van der Waals surface area contributed by atoms with Crippen molar-refractivity contribution >= 4 is 18.3 Å². The Morgan fingerprint density at radius 2 is 2.05 bits per heavy atom. The van der Waals surface area contributed by atoms with Gasteiger partial charge in [0.25, 0.3) is 0 Å². The van der Waals surface area contributed by atoms with Crippen LogP contribution in [0.25, 0.3) is 0 Å². The zero-order valence-electron chi connectivity index (χ0n) is 13.4. The molecule has 0 radical (unpaired) electrons. The van der Waals surface area contributed by atoms with E-state index < -0.39 is 0 Å². The van der Waals surface area contributed by atoms with Crippen LogP contribution >= 0.6 is 12.4 Å². The van der Waals surface area contributed by atoms with Crippen molar-refractivity contribution in [2.24, 2.45) is 5.92 Å². The number of hydrogen-bond donors (Lipinski definition) is 2. The Kier molecular flexibility index (Phi) is 5.87. The van der Waals surface area contributed by atoms with E-state index in [4.69, 9.17) is 0 Å². The summed E-state index contributed by atoms with van der Waals surface area (Å²) in [7, 11) is 0. The summed E-state index contributed by atoms with van der Waals surface area (Å²) in [6.45, 7) is 4.00. The molecular weight excluding hydrogens is 296 g/mol. The number of aryl methyl sites for hydroxylation is 1. The van der Waals surface area contributed by atoms with Crippen molar-refractivity contribution in [3.63, 3.8) is 0 Å². The van der Waals surface area contributed by atoms with Gasteiger partial charge < -0.3 is 10.6 Å². The van der Waals surface area contributed by atoms with Crippen LogP contribution < -0.4 is 10.6 Å². The molecule has 0 spiro atoms. The van der Waals surface area contributed by atoms with Gasteiger partial charge in [0.05, 0.1) is 11.5 Å². The molecule has 1 atom stereocenters. The third-order valence-electron chi connectivity index (χ3n) is 5.06. The Morgan fingerprint density at radius 3 is 2.68 bits per heavy atom. The maximum Gasteiger partial charge on any atom is 0.225 e. The van der Waals surface area contributed by atoms with Crippen LogP contribution in [-0.2, 0) is 10.3 Å². The molecule has 0 aromatic heterocycles. The third kappa shape index (κ3) is 3.64. The highest BCUT2D eigenvalue weighted by atomic mass is 35.5. The highest BCUT2D eigenvalue weighted by molar-refractivity contribution is 5.85. The minimum atomic E-state index is -0.124. The normalized spacial score (nSPS) is 23.6. The van der Waals surface area contributed by atoms with E-state index in [1.807, 2.05) is 0 Å². The van der Waals surface area contributed by atoms with Crippen LogP contribution in [-0.4, -0.2) is 19.0 Å². The smallest absolute Gasteiger partial charge is 0.225 e. The fraction of sp³-hybridized carbons (Fsp3) is 0.611. The molecule has 122 valence electrons. The Labute approximate surface area is 139 Å². The van der Waals surface area contributed by atoms with E-state index in [9.17, 15) is 4.79 Å². The first-order valence-corrected chi connectivity index (χ1v) is 8.29. The number of carbonyl (C=O) groups is 1. The van der Waals surface area contributed by atoms with Gasteiger partial charge in [-0.25, -0.2) is 0 Å². The summed E-state index contributed by atoms with van der Waals surface area (Å²) in [4.78, 5) is 12.7. The Hall–Kier alpha value is -1.06. The van der Waals surface area contributed by atoms with Gasteiger partial charge in [0.2, 0.25) is 5.91 Å². The van der Waals surface area contributed by atoms with Crippen LogP contribution in [0.2, 0.25) is 0 Å². The van der Waals surface area contributed by atoms with E-state index in [1.54, 1.807) is 0 Å². The zero-order valence-corrected chi connectivity index (χ0v) is 14.2. The quantitative estimate of drug-likeness (QED) is 0.896. The number of amides is 1. The van der Waals surface area contributed by atoms with Crippen molar-refractivity contribution in [3.8, 4) is 0 Å². The molecule has 1 heterocycles. The van der Waals surface area contributed by atoms with Gasteiger partial charge in [-0.2, -0.15) is 0 Å². The lowest BCUT2D eigenvalue weighted by Crippen LogP contribution is -2.49. The van der Waals surface area contributed by atoms with Gasteiger partial charge >= 0.3 is 0 Å². The monoisotopic (exact) mass is 322 g/mol. The van der Waals surface area contributed by atoms with Crippen LogP contribution in [0.5, 0.6) is 0 Å². The minimum Gasteiger partial charge on any atom is -0.346 e. The molecule has 0 bridgehead atoms. The van der Waals surface area contributed by atoms with Gasteiger partial charge in [0.15, 0.2) is 0 Å². The second-order valence-electron chi connectivity index (χ2n) is 6.69. The first kappa shape index (κ1) is 17.3. The third-order valence-corrected chi connectivity index (χ3v) is 5.06. The van der Waals surface area contributed by atoms with Gasteiger partial charge in [-0.15, -0.1) is 12.4 Å². The summed E-state index contributed by atoms with van der Waals surface area (Å²) < 4.78 is 0. The first-order chi connectivity index (χ1) is 10.2. The van der Waals surface area contributed by atoms with Crippen LogP contribution in [0.4, 0.5) is 0 Å². The van der Waals surface area contributed by atoms with Crippen molar-refractivity contribution in [2.45, 2.75) is 51.0 Å². The topological polar surface area (TPSA) is 41.1 Å². The van der Waals surface area contributed by atoms with Gasteiger partial charge in [0.1, 0.15) is 0 Å². The maximum atomic E-state index is 12.7. The lowest BCUT2D eigenvalue weighted by molar-refractivity contribution is -0.127. The number of hydrogen-bond acceptors (Lipinski definition) is 2. The number of carbonyl (C=O) groups excluding carboxylic acids is 1. The second kappa shape index (κ2) is 7.47. The van der Waals surface area contributed by atoms with E-state index in [0.29, 0.717) is 0 Å². The van der Waals surface area contributed by atoms with Gasteiger partial charge in [-0.05, 0) is 44.7 Å². The summed E-state index contributed by atoms with van der Waals surface area (Å²) in [5, 5.41) is 6.77. The molecule has 1 saturated heterocycles. The second-order valence-corrected chi connectivity index (χ2v) is 6.69. The molecule has 1 aromatic rings. The maximum absolute atomic E-state index is 12.7. The Balaban J connectivity index is 0.00000176. The molecule has 1 saturated carbocycles. The highest BCUT2D eigenvalue weighted by Crippen LogP contribution is 2.39. The number of rotatable bonds is 3. The van der Waals surface area contributed by atoms with Crippen LogP contribution in [0.1, 0.15) is 49.7 Å². The summed E-state index contributed by atoms with van der Waals surface area (Å²) >= 11 is 0. The average molecular weight is 323 g/mol. The number of benzene rings is 1. The highest BCUT2D eigenvalue weighted by Gasteiger charge is 2.38. The molecule has 3 rings (SSSR count). The fourth-order valence-electron chi connectivity index (χ4n) is 3.82. The molecule has 1 aromatic carbocycles. The molecule has 1 amide bonds. The molecule has 1 aliphatic carbocycles. The van der Waals surface area contributed by atoms with Crippen LogP contribution in [0.3, 0.4) is 0 Å². The summed E-state index contributed by atoms with van der Waals surface area (Å²) in [6.07, 6.45) is 6.68. The standard InChI is InChI=1S/C18H26N2O.ClH/c1-14-6-4-8-16(12-14)18(9-2-3-10-18)20-17(21)15-7-5-11-19-13-15;/h4,6,8,12,15,19H,2-3,5,7,9-11,13H2,1H3,(H,20,21);1H. The van der Waals surface area contributed by atoms with Gasteiger partial charge in [-0.1, -0.05) is 42.7 Å². The largest absolute Gasteiger partial charge is 0.346 e. The fourth-order valence-corrected chi connectivity index (χ4v) is 3.82. The van der Waals surface area contributed by atoms with Crippen LogP contribution in [0.15, 0.2) is 24.3 Å². The minimum absolute atomic E-state index is 0. The Bertz CT molecular complexity index is 506. The first-order valence-electron chi connectivity index (χ1n) is 8.29. The molecule has 22 heavy (non-hydrogen) atoms. The lowest BCUT2D eigenvalue weighted by atomic mass is 9.86. The van der Waals surface area contributed by atoms with Crippen molar-refractivity contribution in [2.75, 3.05) is 13.1 Å². The Morgan fingerprint density at radius 1 is 1.27 bits per heavy atom. The van der Waals surface area contributed by atoms with Crippen molar-refractivity contribution in [1.82, 2.24) is 10.6 Å². The van der Waals surface area contributed by atoms with Crippen molar-refractivity contribution in [3.05, 3.63) is 35.4 Å². The predicted molar refractivity (Wildman–Crippen MR) is 92.3 cm³/mol. The average Bonchev–Trinajstić information content (AvgIpc) is 2.98. The van der Waals surface area contributed by atoms with E-state index in [0.717, 1.165) is 38.8 Å². The van der Waals surface area contributed by atoms with E-state index in [2.05, 4.69) is 41.8 Å². The molecular formula is C18H27ClN2O. The molecule has 4 heteroatoms. The van der Waals surface area contributed by atoms with Crippen molar-refractivity contribution < 1.29 is 4.79 Å². The molecule has 2 fully saturated rings. The van der Waals surface area contributed by atoms with E-state index in [1.165, 1.54) is 24.0 Å². The number of piperidine rings is 1. The molecule has 1 unspecified atom stereocenters. The summed E-state index contributed by atoms with van der Waals surface area (Å²) in [5.74, 6) is 0.381.